The van der Waals surface area contributed by atoms with Crippen LogP contribution in [-0.2, 0) is 23.5 Å². The fourth-order valence-electron chi connectivity index (χ4n) is 5.21. The van der Waals surface area contributed by atoms with Crippen molar-refractivity contribution in [1.29, 1.82) is 0 Å². The zero-order valence-electron chi connectivity index (χ0n) is 16.6. The van der Waals surface area contributed by atoms with Crippen LogP contribution in [0.4, 0.5) is 22.0 Å². The molecule has 1 unspecified atom stereocenters. The van der Waals surface area contributed by atoms with Gasteiger partial charge >= 0.3 is 12.0 Å². The fraction of sp³-hybridized carbons (Fsp3) is 0.652. The van der Waals surface area contributed by atoms with Crippen LogP contribution in [0.1, 0.15) is 74.1 Å². The highest BCUT2D eigenvalue weighted by Crippen LogP contribution is 2.50. The Balaban J connectivity index is 1.52. The Morgan fingerprint density at radius 1 is 1.14 bits per heavy atom. The molecule has 0 amide bonds. The maximum Gasteiger partial charge on any atom is 0.359 e. The molecular formula is C23H27F5O. The summed E-state index contributed by atoms with van der Waals surface area (Å²) >= 11 is 0. The number of ether oxygens (including phenoxy) is 1. The molecule has 3 aliphatic carbocycles. The largest absolute Gasteiger partial charge is 0.359 e. The number of rotatable bonds is 5. The molecule has 0 N–H and O–H groups in total. The maximum atomic E-state index is 15.0. The van der Waals surface area contributed by atoms with E-state index in [2.05, 4.69) is 6.92 Å². The molecule has 0 radical (unpaired) electrons. The SMILES string of the molecule is CCCC1CCC(C(F)(F)OC2Cc3cc4c(c(F)c3C2(F)F)C=CCC4)CC1. The molecule has 0 bridgehead atoms. The van der Waals surface area contributed by atoms with Crippen molar-refractivity contribution >= 4 is 6.08 Å². The van der Waals surface area contributed by atoms with E-state index >= 15 is 0 Å². The average Bonchev–Trinajstić information content (AvgIpc) is 2.92. The first-order valence-corrected chi connectivity index (χ1v) is 10.7. The Labute approximate surface area is 168 Å². The molecule has 160 valence electrons. The third kappa shape index (κ3) is 3.73. The number of benzene rings is 1. The quantitative estimate of drug-likeness (QED) is 0.471. The number of allylic oxidation sites excluding steroid dienone is 1. The zero-order valence-corrected chi connectivity index (χ0v) is 16.6. The van der Waals surface area contributed by atoms with Crippen molar-refractivity contribution in [3.05, 3.63) is 40.2 Å². The molecule has 0 saturated heterocycles. The minimum atomic E-state index is -3.78. The summed E-state index contributed by atoms with van der Waals surface area (Å²) in [6.07, 6.45) is 2.36. The van der Waals surface area contributed by atoms with Gasteiger partial charge in [-0.25, -0.2) is 4.39 Å². The molecule has 4 rings (SSSR count). The van der Waals surface area contributed by atoms with E-state index in [0.29, 0.717) is 37.2 Å². The fourth-order valence-corrected chi connectivity index (χ4v) is 5.21. The highest BCUT2D eigenvalue weighted by molar-refractivity contribution is 5.61. The third-order valence-electron chi connectivity index (χ3n) is 6.80. The molecule has 0 heterocycles. The topological polar surface area (TPSA) is 9.23 Å². The van der Waals surface area contributed by atoms with Gasteiger partial charge in [0, 0.05) is 12.0 Å². The molecule has 0 aromatic heterocycles. The molecule has 1 fully saturated rings. The number of alkyl halides is 4. The van der Waals surface area contributed by atoms with Crippen molar-refractivity contribution in [3.8, 4) is 0 Å². The molecule has 6 heteroatoms. The minimum absolute atomic E-state index is 0.0917. The molecule has 1 aromatic rings. The third-order valence-corrected chi connectivity index (χ3v) is 6.80. The van der Waals surface area contributed by atoms with Crippen LogP contribution in [0.2, 0.25) is 0 Å². The smallest absolute Gasteiger partial charge is 0.310 e. The summed E-state index contributed by atoms with van der Waals surface area (Å²) in [5, 5.41) is 0. The average molecular weight is 414 g/mol. The van der Waals surface area contributed by atoms with Crippen molar-refractivity contribution in [2.75, 3.05) is 0 Å². The van der Waals surface area contributed by atoms with Gasteiger partial charge in [0.1, 0.15) is 11.9 Å². The van der Waals surface area contributed by atoms with Crippen LogP contribution in [0.15, 0.2) is 12.1 Å². The van der Waals surface area contributed by atoms with E-state index in [4.69, 9.17) is 4.74 Å². The van der Waals surface area contributed by atoms with Crippen molar-refractivity contribution in [2.45, 2.75) is 82.8 Å². The Hall–Kier alpha value is -1.43. The lowest BCUT2D eigenvalue weighted by Gasteiger charge is -2.35. The first kappa shape index (κ1) is 20.8. The second kappa shape index (κ2) is 7.68. The maximum absolute atomic E-state index is 15.0. The van der Waals surface area contributed by atoms with Gasteiger partial charge in [0.15, 0.2) is 0 Å². The zero-order chi connectivity index (χ0) is 20.8. The summed E-state index contributed by atoms with van der Waals surface area (Å²) in [5.41, 5.74) is 0.127. The van der Waals surface area contributed by atoms with Crippen LogP contribution in [0, 0.1) is 17.7 Å². The minimum Gasteiger partial charge on any atom is -0.310 e. The Kier molecular flexibility index (Phi) is 5.51. The number of hydrogen-bond donors (Lipinski definition) is 0. The van der Waals surface area contributed by atoms with Crippen molar-refractivity contribution in [2.24, 2.45) is 11.8 Å². The van der Waals surface area contributed by atoms with Gasteiger partial charge in [-0.2, -0.15) is 17.6 Å². The lowest BCUT2D eigenvalue weighted by atomic mass is 9.79. The summed E-state index contributed by atoms with van der Waals surface area (Å²) in [6, 6.07) is 1.54. The van der Waals surface area contributed by atoms with E-state index in [1.54, 1.807) is 12.1 Å². The molecule has 1 saturated carbocycles. The van der Waals surface area contributed by atoms with Gasteiger partial charge in [-0.3, -0.25) is 0 Å². The summed E-state index contributed by atoms with van der Waals surface area (Å²) in [4.78, 5) is 0. The van der Waals surface area contributed by atoms with E-state index < -0.39 is 41.9 Å². The highest BCUT2D eigenvalue weighted by Gasteiger charge is 2.56. The van der Waals surface area contributed by atoms with Crippen molar-refractivity contribution in [3.63, 3.8) is 0 Å². The molecule has 1 nitrogen and oxygen atoms in total. The summed E-state index contributed by atoms with van der Waals surface area (Å²) in [5.74, 6) is -5.40. The lowest BCUT2D eigenvalue weighted by Crippen LogP contribution is -2.42. The number of aryl methyl sites for hydroxylation is 1. The molecular weight excluding hydrogens is 387 g/mol. The first-order chi connectivity index (χ1) is 13.7. The number of hydrogen-bond acceptors (Lipinski definition) is 1. The Morgan fingerprint density at radius 2 is 1.86 bits per heavy atom. The standard InChI is InChI=1S/C23H27F5O/c1-2-5-14-8-10-17(11-9-14)23(27,28)29-19-13-16-12-15-6-3-4-7-18(15)21(24)20(16)22(19,25)26/h4,7,12,14,17,19H,2-3,5-6,8-11,13H2,1H3. The van der Waals surface area contributed by atoms with Crippen LogP contribution in [-0.4, -0.2) is 12.2 Å². The van der Waals surface area contributed by atoms with E-state index in [9.17, 15) is 22.0 Å². The molecule has 0 aliphatic heterocycles. The van der Waals surface area contributed by atoms with Crippen molar-refractivity contribution in [1.82, 2.24) is 0 Å². The van der Waals surface area contributed by atoms with Crippen LogP contribution in [0.25, 0.3) is 6.08 Å². The van der Waals surface area contributed by atoms with Gasteiger partial charge in [0.05, 0.1) is 11.5 Å². The Bertz CT molecular complexity index is 793. The van der Waals surface area contributed by atoms with Gasteiger partial charge in [0.2, 0.25) is 0 Å². The molecule has 29 heavy (non-hydrogen) atoms. The van der Waals surface area contributed by atoms with Gasteiger partial charge in [-0.05, 0) is 55.6 Å². The molecule has 0 spiro atoms. The lowest BCUT2D eigenvalue weighted by molar-refractivity contribution is -0.325. The number of halogens is 5. The van der Waals surface area contributed by atoms with Gasteiger partial charge in [-0.15, -0.1) is 0 Å². The number of fused-ring (bicyclic) bond motifs is 2. The summed E-state index contributed by atoms with van der Waals surface area (Å²) < 4.78 is 79.1. The Morgan fingerprint density at radius 3 is 2.55 bits per heavy atom. The molecule has 1 aromatic carbocycles. The first-order valence-electron chi connectivity index (χ1n) is 10.7. The normalized spacial score (nSPS) is 28.3. The van der Waals surface area contributed by atoms with E-state index in [0.717, 1.165) is 12.8 Å². The summed E-state index contributed by atoms with van der Waals surface area (Å²) in [6.45, 7) is 2.07. The molecule has 1 atom stereocenters. The van der Waals surface area contributed by atoms with E-state index in [1.807, 2.05) is 0 Å². The van der Waals surface area contributed by atoms with Gasteiger partial charge in [-0.1, -0.05) is 38.0 Å². The summed E-state index contributed by atoms with van der Waals surface area (Å²) in [7, 11) is 0. The van der Waals surface area contributed by atoms with E-state index in [1.165, 1.54) is 6.08 Å². The predicted molar refractivity (Wildman–Crippen MR) is 102 cm³/mol. The predicted octanol–water partition coefficient (Wildman–Crippen LogP) is 7.02. The van der Waals surface area contributed by atoms with Gasteiger partial charge < -0.3 is 4.74 Å². The van der Waals surface area contributed by atoms with Crippen LogP contribution < -0.4 is 0 Å². The second-order valence-corrected chi connectivity index (χ2v) is 8.74. The second-order valence-electron chi connectivity index (χ2n) is 8.74. The van der Waals surface area contributed by atoms with Crippen molar-refractivity contribution < 1.29 is 26.7 Å². The van der Waals surface area contributed by atoms with E-state index in [-0.39, 0.29) is 24.0 Å². The van der Waals surface area contributed by atoms with Crippen LogP contribution in [0.5, 0.6) is 0 Å². The van der Waals surface area contributed by atoms with Gasteiger partial charge in [0.25, 0.3) is 0 Å². The molecule has 3 aliphatic rings. The van der Waals surface area contributed by atoms with Crippen LogP contribution >= 0.6 is 0 Å². The highest BCUT2D eigenvalue weighted by atomic mass is 19.3. The van der Waals surface area contributed by atoms with Crippen LogP contribution in [0.3, 0.4) is 0 Å². The monoisotopic (exact) mass is 414 g/mol.